The van der Waals surface area contributed by atoms with Gasteiger partial charge in [0.2, 0.25) is 17.7 Å². The van der Waals surface area contributed by atoms with E-state index in [9.17, 15) is 24.0 Å². The van der Waals surface area contributed by atoms with Gasteiger partial charge in [-0.3, -0.25) is 23.7 Å². The molecule has 0 radical (unpaired) electrons. The number of rotatable bonds is 10. The Bertz CT molecular complexity index is 1870. The predicted molar refractivity (Wildman–Crippen MR) is 184 cm³/mol. The van der Waals surface area contributed by atoms with E-state index in [1.54, 1.807) is 55.5 Å². The summed E-state index contributed by atoms with van der Waals surface area (Å²) in [5.74, 6) is -2.83. The average molecular weight is 671 g/mol. The van der Waals surface area contributed by atoms with Gasteiger partial charge < -0.3 is 15.0 Å². The van der Waals surface area contributed by atoms with Gasteiger partial charge in [-0.1, -0.05) is 53.4 Å². The highest BCUT2D eigenvalue weighted by molar-refractivity contribution is 8.00. The molecular formula is C35H34N4O6S2. The monoisotopic (exact) mass is 670 g/mol. The summed E-state index contributed by atoms with van der Waals surface area (Å²) < 4.78 is 6.40. The molecule has 2 aliphatic rings. The maximum absolute atomic E-state index is 14.1. The molecule has 3 heterocycles. The number of para-hydroxylation sites is 1. The minimum atomic E-state index is -0.776. The van der Waals surface area contributed by atoms with E-state index < -0.39 is 29.0 Å². The fourth-order valence-corrected chi connectivity index (χ4v) is 8.95. The van der Waals surface area contributed by atoms with E-state index in [-0.39, 0.29) is 29.8 Å². The van der Waals surface area contributed by atoms with Crippen molar-refractivity contribution in [2.24, 2.45) is 5.92 Å². The summed E-state index contributed by atoms with van der Waals surface area (Å²) in [6, 6.07) is 23.1. The van der Waals surface area contributed by atoms with E-state index >= 15 is 0 Å². The van der Waals surface area contributed by atoms with Gasteiger partial charge in [-0.15, -0.1) is 0 Å². The predicted octanol–water partition coefficient (Wildman–Crippen LogP) is 5.37. The zero-order chi connectivity index (χ0) is 33.2. The number of esters is 1. The number of benzene rings is 3. The van der Waals surface area contributed by atoms with Crippen molar-refractivity contribution in [2.75, 3.05) is 34.8 Å². The first kappa shape index (κ1) is 32.3. The van der Waals surface area contributed by atoms with E-state index in [1.165, 1.54) is 21.2 Å². The molecule has 0 bridgehead atoms. The van der Waals surface area contributed by atoms with Crippen molar-refractivity contribution in [3.8, 4) is 0 Å². The summed E-state index contributed by atoms with van der Waals surface area (Å²) in [5, 5.41) is 2.52. The van der Waals surface area contributed by atoms with Crippen LogP contribution in [-0.2, 0) is 25.7 Å². The van der Waals surface area contributed by atoms with Crippen LogP contribution in [0.15, 0.2) is 88.7 Å². The van der Waals surface area contributed by atoms with Gasteiger partial charge in [-0.05, 0) is 74.9 Å². The second-order valence-electron chi connectivity index (χ2n) is 11.1. The molecular weight excluding hydrogens is 637 g/mol. The molecule has 0 spiro atoms. The molecule has 1 aromatic heterocycles. The molecule has 47 heavy (non-hydrogen) atoms. The third-order valence-electron chi connectivity index (χ3n) is 8.43. The molecule has 6 rings (SSSR count). The Labute approximate surface area is 280 Å². The normalized spacial score (nSPS) is 18.4. The smallest absolute Gasteiger partial charge is 0.338 e. The molecule has 2 aliphatic heterocycles. The van der Waals surface area contributed by atoms with Crippen molar-refractivity contribution < 1.29 is 23.9 Å². The van der Waals surface area contributed by atoms with E-state index in [4.69, 9.17) is 4.74 Å². The molecule has 3 atom stereocenters. The molecule has 242 valence electrons. The van der Waals surface area contributed by atoms with Gasteiger partial charge in [0, 0.05) is 35.3 Å². The van der Waals surface area contributed by atoms with Crippen molar-refractivity contribution in [2.45, 2.75) is 43.5 Å². The third-order valence-corrected chi connectivity index (χ3v) is 11.0. The summed E-state index contributed by atoms with van der Waals surface area (Å²) in [6.45, 7) is 7.54. The molecule has 4 aromatic rings. The number of ether oxygens (including phenoxy) is 1. The van der Waals surface area contributed by atoms with Crippen LogP contribution in [0, 0.1) is 5.92 Å². The fraction of sp³-hybridized carbons (Fsp3) is 0.286. The molecule has 10 nitrogen and oxygen atoms in total. The molecule has 2 unspecified atom stereocenters. The quantitative estimate of drug-likeness (QED) is 0.177. The second-order valence-corrected chi connectivity index (χ2v) is 13.2. The number of thiazole rings is 1. The van der Waals surface area contributed by atoms with Gasteiger partial charge >= 0.3 is 10.8 Å². The van der Waals surface area contributed by atoms with Gasteiger partial charge in [0.15, 0.2) is 0 Å². The molecule has 1 N–H and O–H groups in total. The third kappa shape index (κ3) is 6.10. The van der Waals surface area contributed by atoms with Gasteiger partial charge in [0.05, 0.1) is 28.8 Å². The van der Waals surface area contributed by atoms with Gasteiger partial charge in [0.1, 0.15) is 11.8 Å². The maximum Gasteiger partial charge on any atom is 0.338 e. The summed E-state index contributed by atoms with van der Waals surface area (Å²) in [5.41, 5.74) is 3.18. The molecule has 1 saturated heterocycles. The number of hydrogen-bond acceptors (Lipinski definition) is 9. The summed E-state index contributed by atoms with van der Waals surface area (Å²) in [7, 11) is 0. The van der Waals surface area contributed by atoms with Crippen LogP contribution >= 0.6 is 23.1 Å². The highest BCUT2D eigenvalue weighted by Gasteiger charge is 2.56. The van der Waals surface area contributed by atoms with Gasteiger partial charge in [-0.25, -0.2) is 9.69 Å². The van der Waals surface area contributed by atoms with Crippen LogP contribution in [0.5, 0.6) is 0 Å². The molecule has 12 heteroatoms. The summed E-state index contributed by atoms with van der Waals surface area (Å²) >= 11 is 2.19. The number of aromatic nitrogens is 1. The Morgan fingerprint density at radius 3 is 2.19 bits per heavy atom. The minimum absolute atomic E-state index is 0.253. The average Bonchev–Trinajstić information content (AvgIpc) is 3.52. The second kappa shape index (κ2) is 13.6. The lowest BCUT2D eigenvalue weighted by Gasteiger charge is -2.31. The van der Waals surface area contributed by atoms with E-state index in [2.05, 4.69) is 24.1 Å². The molecule has 0 saturated carbocycles. The van der Waals surface area contributed by atoms with Crippen LogP contribution in [0.2, 0.25) is 0 Å². The number of hydrogen-bond donors (Lipinski definition) is 1. The number of fused-ring (bicyclic) bond motifs is 2. The Balaban J connectivity index is 1.34. The number of imide groups is 1. The van der Waals surface area contributed by atoms with Crippen LogP contribution in [0.25, 0.3) is 0 Å². The number of nitrogens with one attached hydrogen (secondary N) is 1. The van der Waals surface area contributed by atoms with Crippen LogP contribution < -0.4 is 20.0 Å². The largest absolute Gasteiger partial charge is 0.462 e. The lowest BCUT2D eigenvalue weighted by atomic mass is 9.83. The molecule has 1 fully saturated rings. The maximum atomic E-state index is 14.1. The first-order chi connectivity index (χ1) is 22.7. The first-order valence-electron chi connectivity index (χ1n) is 15.5. The Kier molecular flexibility index (Phi) is 9.33. The number of anilines is 3. The number of carbonyl (C=O) groups is 4. The topological polar surface area (TPSA) is 118 Å². The number of nitrogens with zero attached hydrogens (tertiary/aromatic N) is 3. The zero-order valence-corrected chi connectivity index (χ0v) is 27.8. The highest BCUT2D eigenvalue weighted by Crippen LogP contribution is 2.54. The zero-order valence-electron chi connectivity index (χ0n) is 26.2. The SMILES string of the molecule is CCOC(=O)c1ccc(NC(=O)Cn2c3c(sc2=O)[C@H](c2ccc(N(CC)CC)cc2)C2C(=O)N(c4ccccc4)C(=O)C2S3)cc1. The van der Waals surface area contributed by atoms with Crippen LogP contribution in [-0.4, -0.2) is 53.2 Å². The molecule has 0 aliphatic carbocycles. The number of amides is 3. The summed E-state index contributed by atoms with van der Waals surface area (Å²) in [4.78, 5) is 70.5. The number of thioether (sulfide) groups is 1. The number of carbonyl (C=O) groups excluding carboxylic acids is 4. The lowest BCUT2D eigenvalue weighted by Crippen LogP contribution is -2.33. The fourth-order valence-electron chi connectivity index (χ4n) is 6.18. The lowest BCUT2D eigenvalue weighted by molar-refractivity contribution is -0.122. The van der Waals surface area contributed by atoms with Crippen molar-refractivity contribution in [1.29, 1.82) is 0 Å². The first-order valence-corrected chi connectivity index (χ1v) is 17.2. The molecule has 3 aromatic carbocycles. The highest BCUT2D eigenvalue weighted by atomic mass is 32.2. The minimum Gasteiger partial charge on any atom is -0.462 e. The standard InChI is InChI=1S/C35H34N4O6S2/c1-4-37(5-2)24-18-14-21(15-19-24)27-28-29(32(42)39(31(28)41)25-10-8-7-9-11-25)46-33-30(27)47-35(44)38(33)20-26(40)36-23-16-12-22(13-17-23)34(43)45-6-3/h7-19,27-29H,4-6,20H2,1-3H3,(H,36,40)/t27-,28?,29?/m1/s1. The Morgan fingerprint density at radius 1 is 0.872 bits per heavy atom. The van der Waals surface area contributed by atoms with Gasteiger partial charge in [-0.2, -0.15) is 0 Å². The van der Waals surface area contributed by atoms with Gasteiger partial charge in [0.25, 0.3) is 0 Å². The van der Waals surface area contributed by atoms with Crippen molar-refractivity contribution in [3.05, 3.63) is 105 Å². The van der Waals surface area contributed by atoms with Crippen molar-refractivity contribution in [3.63, 3.8) is 0 Å². The Hall–Kier alpha value is -4.68. The Morgan fingerprint density at radius 2 is 1.55 bits per heavy atom. The van der Waals surface area contributed by atoms with Crippen LogP contribution in [0.1, 0.15) is 47.5 Å². The van der Waals surface area contributed by atoms with Crippen LogP contribution in [0.4, 0.5) is 17.1 Å². The van der Waals surface area contributed by atoms with Crippen molar-refractivity contribution in [1.82, 2.24) is 4.57 Å². The van der Waals surface area contributed by atoms with Crippen molar-refractivity contribution >= 4 is 63.9 Å². The molecule has 3 amide bonds. The van der Waals surface area contributed by atoms with E-state index in [1.807, 2.05) is 30.3 Å². The van der Waals surface area contributed by atoms with E-state index in [0.717, 1.165) is 35.7 Å². The van der Waals surface area contributed by atoms with E-state index in [0.29, 0.717) is 26.8 Å². The summed E-state index contributed by atoms with van der Waals surface area (Å²) in [6.07, 6.45) is 0. The van der Waals surface area contributed by atoms with Crippen LogP contribution in [0.3, 0.4) is 0 Å².